The lowest BCUT2D eigenvalue weighted by molar-refractivity contribution is 0.0733. The summed E-state index contributed by atoms with van der Waals surface area (Å²) in [5.41, 5.74) is 2.18. The lowest BCUT2D eigenvalue weighted by atomic mass is 10.1. The summed E-state index contributed by atoms with van der Waals surface area (Å²) in [6.45, 7) is 3.72. The number of benzene rings is 2. The van der Waals surface area contributed by atoms with Crippen molar-refractivity contribution in [1.29, 1.82) is 0 Å². The SMILES string of the molecule is CCc1cc2c(C)cc(=O)oc2cc1OC(=O)c1ccc2nc(C(F)F)[nH]c2c1. The van der Waals surface area contributed by atoms with E-state index in [9.17, 15) is 18.4 Å². The zero-order chi connectivity index (χ0) is 20.7. The number of ether oxygens (including phenoxy) is 1. The van der Waals surface area contributed by atoms with E-state index in [1.54, 1.807) is 6.92 Å². The standard InChI is InChI=1S/C21H16F2N2O4/c1-3-11-7-13-10(2)6-18(26)28-17(13)9-16(11)29-21(27)12-4-5-14-15(8-12)25-20(24-14)19(22)23/h4-9,19H,3H2,1-2H3,(H,24,25). The molecule has 0 aliphatic rings. The van der Waals surface area contributed by atoms with Gasteiger partial charge in [-0.15, -0.1) is 0 Å². The number of H-pyrrole nitrogens is 1. The monoisotopic (exact) mass is 398 g/mol. The first-order valence-corrected chi connectivity index (χ1v) is 8.93. The van der Waals surface area contributed by atoms with Crippen molar-refractivity contribution in [2.45, 2.75) is 26.7 Å². The molecule has 0 atom stereocenters. The topological polar surface area (TPSA) is 85.2 Å². The summed E-state index contributed by atoms with van der Waals surface area (Å²) in [5.74, 6) is -0.848. The van der Waals surface area contributed by atoms with Crippen LogP contribution in [0.15, 0.2) is 45.6 Å². The molecule has 29 heavy (non-hydrogen) atoms. The fraction of sp³-hybridized carbons (Fsp3) is 0.190. The molecule has 1 N–H and O–H groups in total. The highest BCUT2D eigenvalue weighted by molar-refractivity contribution is 5.95. The third kappa shape index (κ3) is 3.49. The number of imidazole rings is 1. The summed E-state index contributed by atoms with van der Waals surface area (Å²) in [5, 5.41) is 0.764. The van der Waals surface area contributed by atoms with Crippen molar-refractivity contribution in [1.82, 2.24) is 9.97 Å². The molecule has 0 aliphatic carbocycles. The maximum atomic E-state index is 12.8. The fourth-order valence-electron chi connectivity index (χ4n) is 3.18. The van der Waals surface area contributed by atoms with Gasteiger partial charge in [0.15, 0.2) is 5.82 Å². The molecule has 4 aromatic rings. The van der Waals surface area contributed by atoms with Crippen LogP contribution in [0.2, 0.25) is 0 Å². The van der Waals surface area contributed by atoms with Crippen LogP contribution in [0.5, 0.6) is 5.75 Å². The van der Waals surface area contributed by atoms with E-state index < -0.39 is 23.8 Å². The molecule has 2 aromatic heterocycles. The number of esters is 1. The maximum Gasteiger partial charge on any atom is 0.343 e. The minimum Gasteiger partial charge on any atom is -0.423 e. The number of aromatic nitrogens is 2. The second-order valence-corrected chi connectivity index (χ2v) is 6.60. The third-order valence-electron chi connectivity index (χ3n) is 4.66. The van der Waals surface area contributed by atoms with Gasteiger partial charge in [0.2, 0.25) is 0 Å². The van der Waals surface area contributed by atoms with Crippen molar-refractivity contribution < 1.29 is 22.7 Å². The van der Waals surface area contributed by atoms with Crippen LogP contribution < -0.4 is 10.4 Å². The van der Waals surface area contributed by atoms with E-state index in [0.29, 0.717) is 23.0 Å². The van der Waals surface area contributed by atoms with Gasteiger partial charge in [0, 0.05) is 17.5 Å². The Balaban J connectivity index is 1.71. The number of rotatable bonds is 4. The van der Waals surface area contributed by atoms with Crippen molar-refractivity contribution in [3.05, 3.63) is 69.3 Å². The van der Waals surface area contributed by atoms with Gasteiger partial charge in [-0.1, -0.05) is 6.92 Å². The summed E-state index contributed by atoms with van der Waals surface area (Å²) in [6.07, 6.45) is -2.14. The average Bonchev–Trinajstić information content (AvgIpc) is 3.11. The molecule has 8 heteroatoms. The highest BCUT2D eigenvalue weighted by Gasteiger charge is 2.17. The Kier molecular flexibility index (Phi) is 4.62. The summed E-state index contributed by atoms with van der Waals surface area (Å²) < 4.78 is 36.4. The highest BCUT2D eigenvalue weighted by Crippen LogP contribution is 2.29. The zero-order valence-corrected chi connectivity index (χ0v) is 15.6. The minimum atomic E-state index is -2.74. The number of aryl methyl sites for hydroxylation is 2. The van der Waals surface area contributed by atoms with Crippen LogP contribution in [0, 0.1) is 6.92 Å². The number of nitrogens with one attached hydrogen (secondary N) is 1. The lowest BCUT2D eigenvalue weighted by Crippen LogP contribution is -2.10. The van der Waals surface area contributed by atoms with Crippen LogP contribution in [0.25, 0.3) is 22.0 Å². The van der Waals surface area contributed by atoms with E-state index in [0.717, 1.165) is 16.5 Å². The van der Waals surface area contributed by atoms with Crippen LogP contribution in [-0.2, 0) is 6.42 Å². The molecule has 0 spiro atoms. The Bertz CT molecular complexity index is 1310. The molecule has 4 rings (SSSR count). The fourth-order valence-corrected chi connectivity index (χ4v) is 3.18. The van der Waals surface area contributed by atoms with E-state index >= 15 is 0 Å². The van der Waals surface area contributed by atoms with Gasteiger partial charge < -0.3 is 14.1 Å². The summed E-state index contributed by atoms with van der Waals surface area (Å²) in [6, 6.07) is 9.08. The average molecular weight is 398 g/mol. The quantitative estimate of drug-likeness (QED) is 0.306. The van der Waals surface area contributed by atoms with Crippen molar-refractivity contribution in [3.8, 4) is 5.75 Å². The molecule has 0 saturated carbocycles. The molecule has 0 fully saturated rings. The molecule has 2 aromatic carbocycles. The van der Waals surface area contributed by atoms with Crippen LogP contribution in [0.1, 0.15) is 40.7 Å². The summed E-state index contributed by atoms with van der Waals surface area (Å²) in [7, 11) is 0. The zero-order valence-electron chi connectivity index (χ0n) is 15.6. The summed E-state index contributed by atoms with van der Waals surface area (Å²) >= 11 is 0. The van der Waals surface area contributed by atoms with Gasteiger partial charge in [-0.25, -0.2) is 23.4 Å². The molecule has 0 aliphatic heterocycles. The normalized spacial score (nSPS) is 11.5. The Labute approximate surface area is 163 Å². The first-order valence-electron chi connectivity index (χ1n) is 8.93. The lowest BCUT2D eigenvalue weighted by Gasteiger charge is -2.11. The molecular formula is C21H16F2N2O4. The first kappa shape index (κ1) is 18.8. The number of fused-ring (bicyclic) bond motifs is 2. The number of nitrogens with zero attached hydrogens (tertiary/aromatic N) is 1. The molecule has 6 nitrogen and oxygen atoms in total. The van der Waals surface area contributed by atoms with Gasteiger partial charge in [-0.05, 0) is 48.7 Å². The molecule has 0 amide bonds. The maximum absolute atomic E-state index is 12.8. The minimum absolute atomic E-state index is 0.176. The number of carbonyl (C=O) groups excluding carboxylic acids is 1. The van der Waals surface area contributed by atoms with E-state index in [4.69, 9.17) is 9.15 Å². The van der Waals surface area contributed by atoms with E-state index in [1.807, 2.05) is 13.0 Å². The number of alkyl halides is 2. The van der Waals surface area contributed by atoms with E-state index in [-0.39, 0.29) is 11.3 Å². The van der Waals surface area contributed by atoms with Crippen molar-refractivity contribution in [2.24, 2.45) is 0 Å². The molecule has 0 bridgehead atoms. The highest BCUT2D eigenvalue weighted by atomic mass is 19.3. The van der Waals surface area contributed by atoms with E-state index in [1.165, 1.54) is 30.3 Å². The predicted molar refractivity (Wildman–Crippen MR) is 103 cm³/mol. The predicted octanol–water partition coefficient (Wildman–Crippen LogP) is 4.70. The Hall–Kier alpha value is -3.55. The van der Waals surface area contributed by atoms with Gasteiger partial charge in [0.1, 0.15) is 11.3 Å². The van der Waals surface area contributed by atoms with Gasteiger partial charge >= 0.3 is 11.6 Å². The van der Waals surface area contributed by atoms with Crippen molar-refractivity contribution in [3.63, 3.8) is 0 Å². The van der Waals surface area contributed by atoms with Gasteiger partial charge in [-0.3, -0.25) is 0 Å². The Morgan fingerprint density at radius 3 is 2.76 bits per heavy atom. The summed E-state index contributed by atoms with van der Waals surface area (Å²) in [4.78, 5) is 30.6. The largest absolute Gasteiger partial charge is 0.423 e. The Morgan fingerprint density at radius 2 is 2.03 bits per heavy atom. The molecular weight excluding hydrogens is 382 g/mol. The van der Waals surface area contributed by atoms with Gasteiger partial charge in [0.05, 0.1) is 16.6 Å². The third-order valence-corrected chi connectivity index (χ3v) is 4.66. The number of carbonyl (C=O) groups is 1. The second kappa shape index (κ2) is 7.12. The molecule has 2 heterocycles. The molecule has 148 valence electrons. The van der Waals surface area contributed by atoms with Gasteiger partial charge in [-0.2, -0.15) is 0 Å². The smallest absolute Gasteiger partial charge is 0.343 e. The van der Waals surface area contributed by atoms with Crippen LogP contribution >= 0.6 is 0 Å². The number of hydrogen-bond donors (Lipinski definition) is 1. The second-order valence-electron chi connectivity index (χ2n) is 6.60. The number of hydrogen-bond acceptors (Lipinski definition) is 5. The van der Waals surface area contributed by atoms with Crippen LogP contribution in [0.4, 0.5) is 8.78 Å². The van der Waals surface area contributed by atoms with Crippen molar-refractivity contribution in [2.75, 3.05) is 0 Å². The number of halogens is 2. The van der Waals surface area contributed by atoms with Crippen molar-refractivity contribution >= 4 is 28.0 Å². The molecule has 0 unspecified atom stereocenters. The Morgan fingerprint density at radius 1 is 1.24 bits per heavy atom. The van der Waals surface area contributed by atoms with Crippen LogP contribution in [-0.4, -0.2) is 15.9 Å². The van der Waals surface area contributed by atoms with E-state index in [2.05, 4.69) is 9.97 Å². The first-order chi connectivity index (χ1) is 13.9. The molecule has 0 radical (unpaired) electrons. The molecule has 0 saturated heterocycles. The van der Waals surface area contributed by atoms with Gasteiger partial charge in [0.25, 0.3) is 6.43 Å². The number of aromatic amines is 1. The van der Waals surface area contributed by atoms with Crippen LogP contribution in [0.3, 0.4) is 0 Å².